The highest BCUT2D eigenvalue weighted by atomic mass is 32.2. The van der Waals surface area contributed by atoms with Crippen molar-refractivity contribution in [1.82, 2.24) is 4.31 Å². The summed E-state index contributed by atoms with van der Waals surface area (Å²) < 4.78 is 49.6. The van der Waals surface area contributed by atoms with Crippen LogP contribution in [-0.4, -0.2) is 58.6 Å². The van der Waals surface area contributed by atoms with Gasteiger partial charge >= 0.3 is 11.9 Å². The van der Waals surface area contributed by atoms with Crippen molar-refractivity contribution in [2.75, 3.05) is 34.0 Å². The molecular formula is C23H25NO8S. The van der Waals surface area contributed by atoms with Gasteiger partial charge in [-0.2, -0.15) is 4.31 Å². The molecule has 10 heteroatoms. The molecule has 0 radical (unpaired) electrons. The van der Waals surface area contributed by atoms with E-state index in [0.29, 0.717) is 44.1 Å². The minimum absolute atomic E-state index is 0.0506. The van der Waals surface area contributed by atoms with Crippen LogP contribution in [0.1, 0.15) is 51.6 Å². The fourth-order valence-electron chi connectivity index (χ4n) is 4.10. The molecule has 0 aliphatic carbocycles. The number of fused-ring (bicyclic) bond motifs is 1. The van der Waals surface area contributed by atoms with Crippen LogP contribution in [0.2, 0.25) is 0 Å². The Kier molecular flexibility index (Phi) is 6.57. The molecule has 1 saturated heterocycles. The van der Waals surface area contributed by atoms with Crippen LogP contribution in [0.5, 0.6) is 11.5 Å². The first-order chi connectivity index (χ1) is 15.8. The first-order valence-electron chi connectivity index (χ1n) is 10.6. The summed E-state index contributed by atoms with van der Waals surface area (Å²) in [6.45, 7) is 1.40. The lowest BCUT2D eigenvalue weighted by molar-refractivity contribution is 0.0598. The predicted octanol–water partition coefficient (Wildman–Crippen LogP) is 2.95. The lowest BCUT2D eigenvalue weighted by Crippen LogP contribution is -2.31. The van der Waals surface area contributed by atoms with E-state index in [4.69, 9.17) is 18.9 Å². The minimum atomic E-state index is -4.05. The van der Waals surface area contributed by atoms with E-state index in [0.717, 1.165) is 12.0 Å². The number of benzene rings is 2. The van der Waals surface area contributed by atoms with Crippen molar-refractivity contribution in [3.05, 3.63) is 53.1 Å². The van der Waals surface area contributed by atoms with Crippen molar-refractivity contribution in [3.63, 3.8) is 0 Å². The van der Waals surface area contributed by atoms with Gasteiger partial charge in [0.15, 0.2) is 11.5 Å². The Labute approximate surface area is 192 Å². The molecule has 33 heavy (non-hydrogen) atoms. The maximum atomic E-state index is 13.7. The minimum Gasteiger partial charge on any atom is -0.490 e. The average molecular weight is 476 g/mol. The monoisotopic (exact) mass is 475 g/mol. The lowest BCUT2D eigenvalue weighted by Gasteiger charge is -2.25. The fraction of sp³-hybridized carbons (Fsp3) is 0.391. The predicted molar refractivity (Wildman–Crippen MR) is 117 cm³/mol. The second-order valence-corrected chi connectivity index (χ2v) is 9.65. The third-order valence-corrected chi connectivity index (χ3v) is 7.60. The highest BCUT2D eigenvalue weighted by molar-refractivity contribution is 7.89. The summed E-state index contributed by atoms with van der Waals surface area (Å²) in [5, 5.41) is 0. The number of methoxy groups -OCH3 is 2. The third kappa shape index (κ3) is 4.53. The number of rotatable bonds is 5. The van der Waals surface area contributed by atoms with Crippen LogP contribution >= 0.6 is 0 Å². The molecule has 2 aromatic carbocycles. The molecule has 2 heterocycles. The number of hydrogen-bond donors (Lipinski definition) is 0. The normalized spacial score (nSPS) is 18.4. The molecule has 0 aromatic heterocycles. The highest BCUT2D eigenvalue weighted by Crippen LogP contribution is 2.40. The number of nitrogens with zero attached hydrogens (tertiary/aromatic N) is 1. The summed E-state index contributed by atoms with van der Waals surface area (Å²) in [5.41, 5.74) is 0.688. The molecule has 2 aromatic rings. The lowest BCUT2D eigenvalue weighted by atomic mass is 10.0. The van der Waals surface area contributed by atoms with E-state index in [2.05, 4.69) is 0 Å². The Morgan fingerprint density at radius 3 is 2.18 bits per heavy atom. The molecule has 2 aliphatic heterocycles. The summed E-state index contributed by atoms with van der Waals surface area (Å²) in [6.07, 6.45) is 2.06. The van der Waals surface area contributed by atoms with Gasteiger partial charge in [0.05, 0.1) is 49.5 Å². The number of carbonyl (C=O) groups excluding carboxylic acids is 2. The van der Waals surface area contributed by atoms with Crippen LogP contribution in [-0.2, 0) is 19.5 Å². The number of carbonyl (C=O) groups is 2. The van der Waals surface area contributed by atoms with Gasteiger partial charge in [-0.3, -0.25) is 0 Å². The molecule has 2 aliphatic rings. The Morgan fingerprint density at radius 2 is 1.55 bits per heavy atom. The van der Waals surface area contributed by atoms with Crippen molar-refractivity contribution in [2.45, 2.75) is 30.2 Å². The summed E-state index contributed by atoms with van der Waals surface area (Å²) in [7, 11) is -1.68. The molecule has 0 spiro atoms. The van der Waals surface area contributed by atoms with Gasteiger partial charge in [-0.05, 0) is 48.7 Å². The van der Waals surface area contributed by atoms with Gasteiger partial charge in [-0.1, -0.05) is 6.07 Å². The zero-order valence-corrected chi connectivity index (χ0v) is 19.2. The maximum absolute atomic E-state index is 13.7. The number of sulfonamides is 1. The van der Waals surface area contributed by atoms with Crippen molar-refractivity contribution >= 4 is 22.0 Å². The Balaban J connectivity index is 1.73. The second-order valence-electron chi connectivity index (χ2n) is 7.76. The summed E-state index contributed by atoms with van der Waals surface area (Å²) >= 11 is 0. The number of esters is 2. The van der Waals surface area contributed by atoms with Gasteiger partial charge in [-0.15, -0.1) is 0 Å². The zero-order chi connectivity index (χ0) is 23.6. The van der Waals surface area contributed by atoms with Gasteiger partial charge in [0.25, 0.3) is 0 Å². The Morgan fingerprint density at radius 1 is 0.909 bits per heavy atom. The molecule has 0 amide bonds. The van der Waals surface area contributed by atoms with E-state index in [9.17, 15) is 18.0 Å². The van der Waals surface area contributed by atoms with Gasteiger partial charge in [-0.25, -0.2) is 18.0 Å². The quantitative estimate of drug-likeness (QED) is 0.608. The molecule has 9 nitrogen and oxygen atoms in total. The van der Waals surface area contributed by atoms with Crippen molar-refractivity contribution in [3.8, 4) is 11.5 Å². The van der Waals surface area contributed by atoms with Crippen molar-refractivity contribution in [2.24, 2.45) is 0 Å². The van der Waals surface area contributed by atoms with E-state index >= 15 is 0 Å². The van der Waals surface area contributed by atoms with E-state index in [-0.39, 0.29) is 16.0 Å². The van der Waals surface area contributed by atoms with Crippen LogP contribution in [0, 0.1) is 0 Å². The zero-order valence-electron chi connectivity index (χ0n) is 18.4. The SMILES string of the molecule is COC(=O)c1cc(C(=O)OC)cc(S(=O)(=O)N2CCC[C@@H]2c2ccc3c(c2)OCCCO3)c1. The third-order valence-electron chi connectivity index (χ3n) is 5.72. The first-order valence-corrected chi connectivity index (χ1v) is 12.0. The topological polar surface area (TPSA) is 108 Å². The van der Waals surface area contributed by atoms with E-state index in [1.165, 1.54) is 36.7 Å². The van der Waals surface area contributed by atoms with E-state index < -0.39 is 28.0 Å². The maximum Gasteiger partial charge on any atom is 0.337 e. The molecule has 0 bridgehead atoms. The van der Waals surface area contributed by atoms with Crippen LogP contribution in [0.4, 0.5) is 0 Å². The van der Waals surface area contributed by atoms with E-state index in [1.54, 1.807) is 6.07 Å². The molecule has 1 atom stereocenters. The van der Waals surface area contributed by atoms with Gasteiger partial charge in [0.1, 0.15) is 0 Å². The Bertz CT molecular complexity index is 1140. The van der Waals surface area contributed by atoms with Gasteiger partial charge in [0, 0.05) is 13.0 Å². The van der Waals surface area contributed by atoms with Crippen molar-refractivity contribution in [1.29, 1.82) is 0 Å². The summed E-state index contributed by atoms with van der Waals surface area (Å²) in [4.78, 5) is 24.1. The average Bonchev–Trinajstić information content (AvgIpc) is 3.22. The highest BCUT2D eigenvalue weighted by Gasteiger charge is 2.37. The molecule has 0 unspecified atom stereocenters. The first kappa shape index (κ1) is 23.1. The number of hydrogen-bond acceptors (Lipinski definition) is 8. The van der Waals surface area contributed by atoms with Crippen molar-refractivity contribution < 1.29 is 37.0 Å². The van der Waals surface area contributed by atoms with Crippen LogP contribution < -0.4 is 9.47 Å². The molecular weight excluding hydrogens is 450 g/mol. The van der Waals surface area contributed by atoms with Gasteiger partial charge in [0.2, 0.25) is 10.0 Å². The number of ether oxygens (including phenoxy) is 4. The standard InChI is InChI=1S/C23H25NO8S/c1-29-22(25)16-11-17(23(26)30-2)13-18(12-16)33(27,28)24-8-3-5-19(24)15-6-7-20-21(14-15)32-10-4-9-31-20/h6-7,11-14,19H,3-5,8-10H2,1-2H3/t19-/m1/s1. The smallest absolute Gasteiger partial charge is 0.337 e. The summed E-state index contributed by atoms with van der Waals surface area (Å²) in [5.74, 6) is -0.275. The van der Waals surface area contributed by atoms with Crippen LogP contribution in [0.3, 0.4) is 0 Å². The van der Waals surface area contributed by atoms with Gasteiger partial charge < -0.3 is 18.9 Å². The Hall–Kier alpha value is -3.11. The van der Waals surface area contributed by atoms with E-state index in [1.807, 2.05) is 12.1 Å². The van der Waals surface area contributed by atoms with Crippen LogP contribution in [0.15, 0.2) is 41.3 Å². The molecule has 176 valence electrons. The molecule has 0 saturated carbocycles. The molecule has 1 fully saturated rings. The summed E-state index contributed by atoms with van der Waals surface area (Å²) in [6, 6.07) is 8.73. The van der Waals surface area contributed by atoms with Crippen LogP contribution in [0.25, 0.3) is 0 Å². The molecule has 4 rings (SSSR count). The second kappa shape index (κ2) is 9.40. The fourth-order valence-corrected chi connectivity index (χ4v) is 5.86. The largest absolute Gasteiger partial charge is 0.490 e. The molecule has 0 N–H and O–H groups in total.